The Hall–Kier alpha value is -1.50. The highest BCUT2D eigenvalue weighted by molar-refractivity contribution is 7.80. The lowest BCUT2D eigenvalue weighted by molar-refractivity contribution is -0.116. The molecule has 1 aromatic rings. The first kappa shape index (κ1) is 17.6. The Balaban J connectivity index is 2.31. The molecule has 0 saturated heterocycles. The van der Waals surface area contributed by atoms with Crippen molar-refractivity contribution < 1.29 is 9.53 Å². The lowest BCUT2D eigenvalue weighted by atomic mass is 10.2. The topological polar surface area (TPSA) is 67.6 Å². The van der Waals surface area contributed by atoms with Crippen LogP contribution in [0.5, 0.6) is 0 Å². The Morgan fingerprint density at radius 3 is 2.57 bits per heavy atom. The van der Waals surface area contributed by atoms with Gasteiger partial charge in [-0.25, -0.2) is 0 Å². The third kappa shape index (κ3) is 7.17. The van der Waals surface area contributed by atoms with Gasteiger partial charge in [-0.3, -0.25) is 4.79 Å². The molecule has 1 amide bonds. The van der Waals surface area contributed by atoms with Crippen molar-refractivity contribution in [2.24, 2.45) is 5.73 Å². The molecular weight excluding hydrogens is 286 g/mol. The van der Waals surface area contributed by atoms with Crippen molar-refractivity contribution in [3.05, 3.63) is 29.8 Å². The quantitative estimate of drug-likeness (QED) is 0.536. The van der Waals surface area contributed by atoms with E-state index in [0.29, 0.717) is 11.4 Å². The maximum Gasteiger partial charge on any atom is 0.225 e. The number of methoxy groups -OCH3 is 1. The zero-order chi connectivity index (χ0) is 15.7. The normalized spacial score (nSPS) is 10.6. The van der Waals surface area contributed by atoms with Crippen LogP contribution in [0, 0.1) is 0 Å². The smallest absolute Gasteiger partial charge is 0.225 e. The summed E-state index contributed by atoms with van der Waals surface area (Å²) in [5.74, 6) is -0.00309. The molecule has 1 rings (SSSR count). The fourth-order valence-electron chi connectivity index (χ4n) is 1.82. The number of anilines is 1. The molecule has 116 valence electrons. The molecule has 0 fully saturated rings. The van der Waals surface area contributed by atoms with Crippen molar-refractivity contribution in [2.75, 3.05) is 39.2 Å². The van der Waals surface area contributed by atoms with Crippen molar-refractivity contribution in [2.45, 2.75) is 12.8 Å². The van der Waals surface area contributed by atoms with Crippen LogP contribution in [0.2, 0.25) is 0 Å². The molecule has 0 bridgehead atoms. The van der Waals surface area contributed by atoms with Gasteiger partial charge in [0.15, 0.2) is 0 Å². The van der Waals surface area contributed by atoms with Gasteiger partial charge in [0, 0.05) is 44.5 Å². The zero-order valence-electron chi connectivity index (χ0n) is 12.6. The summed E-state index contributed by atoms with van der Waals surface area (Å²) in [6.07, 6.45) is 1.43. The first-order valence-corrected chi connectivity index (χ1v) is 7.31. The number of rotatable bonds is 9. The Morgan fingerprint density at radius 1 is 1.33 bits per heavy atom. The minimum absolute atomic E-state index is 0.00309. The van der Waals surface area contributed by atoms with Crippen LogP contribution in [0.15, 0.2) is 24.3 Å². The van der Waals surface area contributed by atoms with Crippen molar-refractivity contribution in [3.63, 3.8) is 0 Å². The van der Waals surface area contributed by atoms with Gasteiger partial charge in [0.1, 0.15) is 4.99 Å². The first-order valence-electron chi connectivity index (χ1n) is 6.90. The van der Waals surface area contributed by atoms with Crippen LogP contribution in [0.4, 0.5) is 5.69 Å². The number of carbonyl (C=O) groups is 1. The minimum Gasteiger partial charge on any atom is -0.389 e. The van der Waals surface area contributed by atoms with Crippen LogP contribution >= 0.6 is 12.2 Å². The summed E-state index contributed by atoms with van der Waals surface area (Å²) < 4.78 is 5.00. The average Bonchev–Trinajstić information content (AvgIpc) is 2.46. The van der Waals surface area contributed by atoms with Crippen LogP contribution in [0.3, 0.4) is 0 Å². The van der Waals surface area contributed by atoms with Crippen molar-refractivity contribution in [3.8, 4) is 0 Å². The van der Waals surface area contributed by atoms with Gasteiger partial charge >= 0.3 is 0 Å². The summed E-state index contributed by atoms with van der Waals surface area (Å²) in [6, 6.07) is 7.20. The summed E-state index contributed by atoms with van der Waals surface area (Å²) in [7, 11) is 3.69. The molecule has 6 heteroatoms. The van der Waals surface area contributed by atoms with E-state index in [4.69, 9.17) is 22.7 Å². The lowest BCUT2D eigenvalue weighted by Crippen LogP contribution is -2.25. The third-order valence-electron chi connectivity index (χ3n) is 3.06. The van der Waals surface area contributed by atoms with Crippen LogP contribution in [0.1, 0.15) is 18.4 Å². The predicted octanol–water partition coefficient (Wildman–Crippen LogP) is 1.62. The maximum absolute atomic E-state index is 11.9. The fraction of sp³-hybridized carbons (Fsp3) is 0.467. The van der Waals surface area contributed by atoms with Gasteiger partial charge in [-0.1, -0.05) is 12.2 Å². The third-order valence-corrected chi connectivity index (χ3v) is 3.30. The molecule has 1 aromatic carbocycles. The van der Waals surface area contributed by atoms with E-state index in [9.17, 15) is 4.79 Å². The molecule has 3 N–H and O–H groups in total. The molecule has 0 heterocycles. The van der Waals surface area contributed by atoms with Crippen LogP contribution < -0.4 is 11.1 Å². The number of thiocarbonyl (C=S) groups is 1. The molecule has 21 heavy (non-hydrogen) atoms. The van der Waals surface area contributed by atoms with Gasteiger partial charge in [-0.15, -0.1) is 0 Å². The monoisotopic (exact) mass is 309 g/mol. The van der Waals surface area contributed by atoms with E-state index in [1.54, 1.807) is 31.4 Å². The Kier molecular flexibility index (Phi) is 7.89. The van der Waals surface area contributed by atoms with Crippen molar-refractivity contribution >= 4 is 28.8 Å². The van der Waals surface area contributed by atoms with Crippen molar-refractivity contribution in [1.29, 1.82) is 0 Å². The molecule has 0 aliphatic carbocycles. The lowest BCUT2D eigenvalue weighted by Gasteiger charge is -2.15. The van der Waals surface area contributed by atoms with Gasteiger partial charge in [0.25, 0.3) is 0 Å². The van der Waals surface area contributed by atoms with Gasteiger partial charge in [0.05, 0.1) is 0 Å². The Bertz CT molecular complexity index is 462. The molecule has 5 nitrogen and oxygen atoms in total. The number of amides is 1. The molecule has 0 aliphatic heterocycles. The first-order chi connectivity index (χ1) is 10.0. The zero-order valence-corrected chi connectivity index (χ0v) is 13.4. The van der Waals surface area contributed by atoms with E-state index in [1.807, 2.05) is 7.05 Å². The molecule has 0 spiro atoms. The Labute approximate surface area is 131 Å². The van der Waals surface area contributed by atoms with Gasteiger partial charge in [-0.2, -0.15) is 0 Å². The standard InChI is InChI=1S/C15H23N3O2S/c1-18(9-3-11-20-2)10-8-14(19)17-13-6-4-12(5-7-13)15(16)21/h4-7H,3,8-11H2,1-2H3,(H2,16,21)(H,17,19). The van der Waals surface area contributed by atoms with Crippen LogP contribution in [0.25, 0.3) is 0 Å². The van der Waals surface area contributed by atoms with Crippen LogP contribution in [-0.4, -0.2) is 49.6 Å². The number of ether oxygens (including phenoxy) is 1. The average molecular weight is 309 g/mol. The van der Waals surface area contributed by atoms with E-state index in [-0.39, 0.29) is 5.91 Å². The number of hydrogen-bond donors (Lipinski definition) is 2. The van der Waals surface area contributed by atoms with E-state index in [2.05, 4.69) is 10.2 Å². The number of carbonyl (C=O) groups excluding carboxylic acids is 1. The highest BCUT2D eigenvalue weighted by Gasteiger charge is 2.05. The summed E-state index contributed by atoms with van der Waals surface area (Å²) >= 11 is 4.88. The van der Waals surface area contributed by atoms with E-state index in [1.165, 1.54) is 0 Å². The molecule has 0 aromatic heterocycles. The van der Waals surface area contributed by atoms with E-state index < -0.39 is 0 Å². The summed E-state index contributed by atoms with van der Waals surface area (Å²) in [5.41, 5.74) is 7.07. The largest absolute Gasteiger partial charge is 0.389 e. The van der Waals surface area contributed by atoms with Crippen LogP contribution in [-0.2, 0) is 9.53 Å². The molecular formula is C15H23N3O2S. The second kappa shape index (κ2) is 9.44. The van der Waals surface area contributed by atoms with E-state index >= 15 is 0 Å². The van der Waals surface area contributed by atoms with Gasteiger partial charge in [0.2, 0.25) is 5.91 Å². The maximum atomic E-state index is 11.9. The molecule has 0 unspecified atom stereocenters. The number of nitrogens with zero attached hydrogens (tertiary/aromatic N) is 1. The minimum atomic E-state index is -0.00309. The number of nitrogens with two attached hydrogens (primary N) is 1. The number of benzene rings is 1. The summed E-state index contributed by atoms with van der Waals surface area (Å²) in [5, 5.41) is 2.86. The molecule has 0 radical (unpaired) electrons. The van der Waals surface area contributed by atoms with Gasteiger partial charge in [-0.05, 0) is 37.7 Å². The molecule has 0 aliphatic rings. The molecule has 0 atom stereocenters. The highest BCUT2D eigenvalue weighted by atomic mass is 32.1. The van der Waals surface area contributed by atoms with Gasteiger partial charge < -0.3 is 20.7 Å². The highest BCUT2D eigenvalue weighted by Crippen LogP contribution is 2.10. The summed E-state index contributed by atoms with van der Waals surface area (Å²) in [4.78, 5) is 14.3. The van der Waals surface area contributed by atoms with Crippen molar-refractivity contribution in [1.82, 2.24) is 4.90 Å². The molecule has 0 saturated carbocycles. The SMILES string of the molecule is COCCCN(C)CCC(=O)Nc1ccc(C(N)=S)cc1. The summed E-state index contributed by atoms with van der Waals surface area (Å²) in [6.45, 7) is 2.39. The fourth-order valence-corrected chi connectivity index (χ4v) is 1.96. The Morgan fingerprint density at radius 2 is 2.00 bits per heavy atom. The second-order valence-corrected chi connectivity index (χ2v) is 5.33. The number of nitrogens with one attached hydrogen (secondary N) is 1. The predicted molar refractivity (Wildman–Crippen MR) is 89.6 cm³/mol. The second-order valence-electron chi connectivity index (χ2n) is 4.89. The number of hydrogen-bond acceptors (Lipinski definition) is 4. The van der Waals surface area contributed by atoms with E-state index in [0.717, 1.165) is 37.4 Å².